The molecule has 0 aliphatic carbocycles. The lowest BCUT2D eigenvalue weighted by Crippen LogP contribution is -2.30. The van der Waals surface area contributed by atoms with Gasteiger partial charge in [-0.1, -0.05) is 18.2 Å². The monoisotopic (exact) mass is 274 g/mol. The van der Waals surface area contributed by atoms with Crippen LogP contribution < -0.4 is 20.9 Å². The number of hydrogen-bond donors (Lipinski definition) is 3. The van der Waals surface area contributed by atoms with Gasteiger partial charge >= 0.3 is 12.1 Å². The van der Waals surface area contributed by atoms with Crippen LogP contribution in [0.5, 0.6) is 0 Å². The van der Waals surface area contributed by atoms with Gasteiger partial charge in [0.1, 0.15) is 0 Å². The molecule has 1 heterocycles. The lowest BCUT2D eigenvalue weighted by atomic mass is 10.2. The first-order valence-electron chi connectivity index (χ1n) is 6.41. The van der Waals surface area contributed by atoms with Crippen LogP contribution >= 0.6 is 0 Å². The van der Waals surface area contributed by atoms with E-state index in [4.69, 9.17) is 0 Å². The van der Waals surface area contributed by atoms with Gasteiger partial charge < -0.3 is 16.0 Å². The van der Waals surface area contributed by atoms with Crippen LogP contribution in [0.1, 0.15) is 6.92 Å². The van der Waals surface area contributed by atoms with Crippen molar-refractivity contribution in [1.29, 1.82) is 0 Å². The van der Waals surface area contributed by atoms with Crippen LogP contribution in [0.15, 0.2) is 36.4 Å². The van der Waals surface area contributed by atoms with Crippen molar-refractivity contribution in [3.63, 3.8) is 0 Å². The Kier molecular flexibility index (Phi) is 4.24. The Hall–Kier alpha value is -2.50. The summed E-state index contributed by atoms with van der Waals surface area (Å²) >= 11 is 0. The van der Waals surface area contributed by atoms with Gasteiger partial charge in [-0.2, -0.15) is 0 Å². The molecule has 2 rings (SSSR count). The molecule has 0 saturated carbocycles. The Morgan fingerprint density at radius 3 is 2.95 bits per heavy atom. The molecule has 6 heteroatoms. The minimum atomic E-state index is -0.295. The van der Waals surface area contributed by atoms with Crippen molar-refractivity contribution >= 4 is 23.4 Å². The van der Waals surface area contributed by atoms with Gasteiger partial charge in [0.15, 0.2) is 0 Å². The molecular formula is C14H18N4O2. The van der Waals surface area contributed by atoms with Crippen LogP contribution in [0.25, 0.3) is 0 Å². The zero-order valence-electron chi connectivity index (χ0n) is 11.4. The second-order valence-electron chi connectivity index (χ2n) is 4.70. The fourth-order valence-corrected chi connectivity index (χ4v) is 1.88. The Bertz CT molecular complexity index is 542. The third kappa shape index (κ3) is 3.50. The number of nitrogens with zero attached hydrogens (tertiary/aromatic N) is 1. The molecule has 1 aliphatic heterocycles. The highest BCUT2D eigenvalue weighted by Crippen LogP contribution is 2.20. The summed E-state index contributed by atoms with van der Waals surface area (Å²) in [5.41, 5.74) is 2.28. The van der Waals surface area contributed by atoms with Gasteiger partial charge in [-0.15, -0.1) is 0 Å². The minimum Gasteiger partial charge on any atom is -0.336 e. The van der Waals surface area contributed by atoms with Crippen molar-refractivity contribution in [1.82, 2.24) is 10.6 Å². The number of hydrogen-bond acceptors (Lipinski definition) is 2. The molecule has 4 amide bonds. The zero-order valence-corrected chi connectivity index (χ0v) is 11.4. The highest BCUT2D eigenvalue weighted by Gasteiger charge is 2.21. The van der Waals surface area contributed by atoms with E-state index in [0.717, 1.165) is 11.3 Å². The summed E-state index contributed by atoms with van der Waals surface area (Å²) in [5, 5.41) is 8.15. The second-order valence-corrected chi connectivity index (χ2v) is 4.70. The maximum Gasteiger partial charge on any atom is 0.321 e. The fraction of sp³-hybridized carbons (Fsp3) is 0.286. The first-order chi connectivity index (χ1) is 9.56. The lowest BCUT2D eigenvalue weighted by Gasteiger charge is -2.15. The predicted octanol–water partition coefficient (Wildman–Crippen LogP) is 1.91. The summed E-state index contributed by atoms with van der Waals surface area (Å²) in [7, 11) is 0. The molecule has 20 heavy (non-hydrogen) atoms. The van der Waals surface area contributed by atoms with Gasteiger partial charge in [0, 0.05) is 31.0 Å². The molecule has 106 valence electrons. The number of carbonyl (C=O) groups is 2. The summed E-state index contributed by atoms with van der Waals surface area (Å²) in [6.45, 7) is 7.25. The predicted molar refractivity (Wildman–Crippen MR) is 79.0 cm³/mol. The summed E-state index contributed by atoms with van der Waals surface area (Å²) in [4.78, 5) is 24.9. The number of rotatable bonds is 4. The van der Waals surface area contributed by atoms with Crippen LogP contribution in [0.2, 0.25) is 0 Å². The number of benzene rings is 1. The van der Waals surface area contributed by atoms with Crippen LogP contribution in [0.3, 0.4) is 0 Å². The highest BCUT2D eigenvalue weighted by atomic mass is 16.2. The fourth-order valence-electron chi connectivity index (χ4n) is 1.88. The topological polar surface area (TPSA) is 73.5 Å². The number of anilines is 2. The van der Waals surface area contributed by atoms with Crippen molar-refractivity contribution in [2.45, 2.75) is 6.92 Å². The lowest BCUT2D eigenvalue weighted by molar-refractivity contribution is 0.251. The first-order valence-corrected chi connectivity index (χ1v) is 6.41. The molecule has 1 aliphatic rings. The average Bonchev–Trinajstić information content (AvgIpc) is 2.83. The van der Waals surface area contributed by atoms with E-state index in [1.807, 2.05) is 13.0 Å². The molecule has 1 aromatic rings. The standard InChI is InChI=1S/C14H18N4O2/c1-10(2)9-16-13(19)17-11-4-3-5-12(8-11)18-7-6-15-14(18)20/h3-5,8H,1,6-7,9H2,2H3,(H,15,20)(H2,16,17,19). The van der Waals surface area contributed by atoms with Crippen LogP contribution in [-0.2, 0) is 0 Å². The first kappa shape index (κ1) is 13.9. The van der Waals surface area contributed by atoms with Gasteiger partial charge in [0.25, 0.3) is 0 Å². The molecule has 3 N–H and O–H groups in total. The normalized spacial score (nSPS) is 13.8. The molecular weight excluding hydrogens is 256 g/mol. The van der Waals surface area contributed by atoms with Crippen LogP contribution in [0, 0.1) is 0 Å². The summed E-state index contributed by atoms with van der Waals surface area (Å²) < 4.78 is 0. The molecule has 0 unspecified atom stereocenters. The largest absolute Gasteiger partial charge is 0.336 e. The van der Waals surface area contributed by atoms with Gasteiger partial charge in [-0.05, 0) is 25.1 Å². The van der Waals surface area contributed by atoms with E-state index < -0.39 is 0 Å². The molecule has 6 nitrogen and oxygen atoms in total. The molecule has 1 saturated heterocycles. The van der Waals surface area contributed by atoms with Crippen molar-refractivity contribution < 1.29 is 9.59 Å². The minimum absolute atomic E-state index is 0.117. The molecule has 0 bridgehead atoms. The molecule has 1 aromatic carbocycles. The van der Waals surface area contributed by atoms with Gasteiger partial charge in [-0.25, -0.2) is 9.59 Å². The van der Waals surface area contributed by atoms with E-state index in [9.17, 15) is 9.59 Å². The molecule has 0 atom stereocenters. The van der Waals surface area contributed by atoms with Gasteiger partial charge in [-0.3, -0.25) is 4.90 Å². The van der Waals surface area contributed by atoms with Gasteiger partial charge in [0.05, 0.1) is 0 Å². The second kappa shape index (κ2) is 6.10. The van der Waals surface area contributed by atoms with Crippen molar-refractivity contribution in [3.8, 4) is 0 Å². The zero-order chi connectivity index (χ0) is 14.5. The number of carbonyl (C=O) groups excluding carboxylic acids is 2. The van der Waals surface area contributed by atoms with Crippen molar-refractivity contribution in [3.05, 3.63) is 36.4 Å². The van der Waals surface area contributed by atoms with E-state index in [-0.39, 0.29) is 12.1 Å². The van der Waals surface area contributed by atoms with Crippen LogP contribution in [-0.4, -0.2) is 31.7 Å². The maximum absolute atomic E-state index is 11.7. The average molecular weight is 274 g/mol. The molecule has 1 fully saturated rings. The summed E-state index contributed by atoms with van der Waals surface area (Å²) in [5.74, 6) is 0. The van der Waals surface area contributed by atoms with E-state index in [1.54, 1.807) is 23.1 Å². The SMILES string of the molecule is C=C(C)CNC(=O)Nc1cccc(N2CCNC2=O)c1. The Balaban J connectivity index is 2.00. The number of amides is 4. The Morgan fingerprint density at radius 2 is 2.30 bits per heavy atom. The van der Waals surface area contributed by atoms with E-state index in [2.05, 4.69) is 22.5 Å². The maximum atomic E-state index is 11.7. The quantitative estimate of drug-likeness (QED) is 0.734. The summed E-state index contributed by atoms with van der Waals surface area (Å²) in [6.07, 6.45) is 0. The number of nitrogens with one attached hydrogen (secondary N) is 3. The Labute approximate surface area is 117 Å². The third-order valence-electron chi connectivity index (χ3n) is 2.82. The van der Waals surface area contributed by atoms with Crippen LogP contribution in [0.4, 0.5) is 21.0 Å². The van der Waals surface area contributed by atoms with Gasteiger partial charge in [0.2, 0.25) is 0 Å². The number of urea groups is 2. The third-order valence-corrected chi connectivity index (χ3v) is 2.82. The molecule has 0 radical (unpaired) electrons. The van der Waals surface area contributed by atoms with Crippen molar-refractivity contribution in [2.24, 2.45) is 0 Å². The highest BCUT2D eigenvalue weighted by molar-refractivity contribution is 5.95. The summed E-state index contributed by atoms with van der Waals surface area (Å²) in [6, 6.07) is 6.77. The van der Waals surface area contributed by atoms with E-state index >= 15 is 0 Å². The van der Waals surface area contributed by atoms with E-state index in [1.165, 1.54) is 0 Å². The molecule has 0 spiro atoms. The Morgan fingerprint density at radius 1 is 1.50 bits per heavy atom. The smallest absolute Gasteiger partial charge is 0.321 e. The van der Waals surface area contributed by atoms with Crippen molar-refractivity contribution in [2.75, 3.05) is 29.9 Å². The van der Waals surface area contributed by atoms with E-state index in [0.29, 0.717) is 25.3 Å². The molecule has 0 aromatic heterocycles.